The fourth-order valence-corrected chi connectivity index (χ4v) is 2.68. The molecule has 0 aliphatic rings. The average molecular weight is 293 g/mol. The van der Waals surface area contributed by atoms with E-state index < -0.39 is 38.6 Å². The minimum absolute atomic E-state index is 0.0684. The van der Waals surface area contributed by atoms with Crippen LogP contribution in [0.1, 0.15) is 13.8 Å². The van der Waals surface area contributed by atoms with Gasteiger partial charge in [0.2, 0.25) is 10.0 Å². The fourth-order valence-electron chi connectivity index (χ4n) is 1.35. The molecular weight excluding hydrogens is 280 g/mol. The molecule has 1 N–H and O–H groups in total. The van der Waals surface area contributed by atoms with Crippen LogP contribution < -0.4 is 4.72 Å². The smallest absolute Gasteiger partial charge is 0.323 e. The summed E-state index contributed by atoms with van der Waals surface area (Å²) in [4.78, 5) is 10.2. The topological polar surface area (TPSA) is 72.5 Å². The summed E-state index contributed by atoms with van der Waals surface area (Å²) < 4.78 is 56.8. The second kappa shape index (κ2) is 6.07. The lowest BCUT2D eigenvalue weighted by atomic mass is 10.3. The Labute approximate surface area is 109 Å². The summed E-state index contributed by atoms with van der Waals surface area (Å²) in [7, 11) is -4.49. The first kappa shape index (κ1) is 15.5. The number of carbonyl (C=O) groups excluding carboxylic acids is 1. The van der Waals surface area contributed by atoms with Crippen LogP contribution in [0.4, 0.5) is 8.78 Å². The highest BCUT2D eigenvalue weighted by Crippen LogP contribution is 2.18. The van der Waals surface area contributed by atoms with Crippen LogP contribution in [-0.4, -0.2) is 27.0 Å². The predicted octanol–water partition coefficient (Wildman–Crippen LogP) is 1.19. The molecule has 1 atom stereocenters. The van der Waals surface area contributed by atoms with E-state index in [1.165, 1.54) is 6.92 Å². The van der Waals surface area contributed by atoms with E-state index in [0.29, 0.717) is 0 Å². The molecule has 0 amide bonds. The molecule has 1 rings (SSSR count). The highest BCUT2D eigenvalue weighted by atomic mass is 32.2. The number of nitrogens with one attached hydrogen (secondary N) is 1. The van der Waals surface area contributed by atoms with E-state index >= 15 is 0 Å². The Hall–Kier alpha value is -1.54. The van der Waals surface area contributed by atoms with Gasteiger partial charge in [0.05, 0.1) is 6.61 Å². The predicted molar refractivity (Wildman–Crippen MR) is 62.8 cm³/mol. The summed E-state index contributed by atoms with van der Waals surface area (Å²) in [6.45, 7) is 2.84. The third kappa shape index (κ3) is 3.71. The Morgan fingerprint density at radius 2 is 1.89 bits per heavy atom. The van der Waals surface area contributed by atoms with E-state index in [4.69, 9.17) is 0 Å². The van der Waals surface area contributed by atoms with Crippen LogP contribution in [0.5, 0.6) is 0 Å². The van der Waals surface area contributed by atoms with E-state index in [2.05, 4.69) is 4.74 Å². The van der Waals surface area contributed by atoms with Gasteiger partial charge in [-0.25, -0.2) is 17.2 Å². The van der Waals surface area contributed by atoms with Crippen LogP contribution in [0.25, 0.3) is 0 Å². The van der Waals surface area contributed by atoms with Gasteiger partial charge in [-0.1, -0.05) is 6.07 Å². The lowest BCUT2D eigenvalue weighted by Gasteiger charge is -2.13. The zero-order valence-corrected chi connectivity index (χ0v) is 11.1. The average Bonchev–Trinajstić information content (AvgIpc) is 2.27. The Morgan fingerprint density at radius 3 is 2.37 bits per heavy atom. The number of esters is 1. The van der Waals surface area contributed by atoms with Crippen LogP contribution in [0.15, 0.2) is 23.1 Å². The van der Waals surface area contributed by atoms with Crippen molar-refractivity contribution in [3.05, 3.63) is 29.8 Å². The molecule has 19 heavy (non-hydrogen) atoms. The van der Waals surface area contributed by atoms with Crippen molar-refractivity contribution in [2.45, 2.75) is 24.8 Å². The lowest BCUT2D eigenvalue weighted by Crippen LogP contribution is -2.40. The SMILES string of the molecule is CCOC(=O)C(C)NS(=O)(=O)c1c(F)cccc1F. The normalized spacial score (nSPS) is 13.1. The number of carbonyl (C=O) groups is 1. The minimum atomic E-state index is -4.49. The Bertz CT molecular complexity index is 554. The van der Waals surface area contributed by atoms with Crippen molar-refractivity contribution in [3.8, 4) is 0 Å². The highest BCUT2D eigenvalue weighted by Gasteiger charge is 2.28. The molecular formula is C11H13F2NO4S. The summed E-state index contributed by atoms with van der Waals surface area (Å²) in [5, 5.41) is 0. The van der Waals surface area contributed by atoms with Crippen molar-refractivity contribution in [1.82, 2.24) is 4.72 Å². The molecule has 0 spiro atoms. The monoisotopic (exact) mass is 293 g/mol. The van der Waals surface area contributed by atoms with Crippen molar-refractivity contribution in [2.75, 3.05) is 6.61 Å². The van der Waals surface area contributed by atoms with Gasteiger partial charge in [-0.05, 0) is 26.0 Å². The van der Waals surface area contributed by atoms with E-state index in [1.807, 2.05) is 4.72 Å². The molecule has 1 aromatic rings. The van der Waals surface area contributed by atoms with Gasteiger partial charge in [0.1, 0.15) is 17.7 Å². The van der Waals surface area contributed by atoms with Crippen LogP contribution in [0.3, 0.4) is 0 Å². The van der Waals surface area contributed by atoms with E-state index in [9.17, 15) is 22.0 Å². The largest absolute Gasteiger partial charge is 0.465 e. The van der Waals surface area contributed by atoms with Gasteiger partial charge < -0.3 is 4.74 Å². The Kier molecular flexibility index (Phi) is 4.96. The standard InChI is InChI=1S/C11H13F2NO4S/c1-3-18-11(15)7(2)14-19(16,17)10-8(12)5-4-6-9(10)13/h4-7,14H,3H2,1-2H3. The zero-order valence-electron chi connectivity index (χ0n) is 10.3. The third-order valence-corrected chi connectivity index (χ3v) is 3.75. The number of benzene rings is 1. The molecule has 8 heteroatoms. The molecule has 0 aliphatic heterocycles. The first-order valence-electron chi connectivity index (χ1n) is 5.42. The van der Waals surface area contributed by atoms with Gasteiger partial charge in [-0.2, -0.15) is 4.72 Å². The lowest BCUT2D eigenvalue weighted by molar-refractivity contribution is -0.144. The summed E-state index contributed by atoms with van der Waals surface area (Å²) >= 11 is 0. The van der Waals surface area contributed by atoms with E-state index in [-0.39, 0.29) is 6.61 Å². The van der Waals surface area contributed by atoms with Crippen molar-refractivity contribution < 1.29 is 26.7 Å². The molecule has 106 valence electrons. The van der Waals surface area contributed by atoms with Crippen LogP contribution in [0, 0.1) is 11.6 Å². The number of sulfonamides is 1. The molecule has 0 fully saturated rings. The first-order valence-corrected chi connectivity index (χ1v) is 6.91. The van der Waals surface area contributed by atoms with Crippen molar-refractivity contribution in [2.24, 2.45) is 0 Å². The number of hydrogen-bond acceptors (Lipinski definition) is 4. The van der Waals surface area contributed by atoms with Crippen LogP contribution >= 0.6 is 0 Å². The number of hydrogen-bond donors (Lipinski definition) is 1. The van der Waals surface area contributed by atoms with Crippen molar-refractivity contribution >= 4 is 16.0 Å². The fraction of sp³-hybridized carbons (Fsp3) is 0.364. The molecule has 1 unspecified atom stereocenters. The minimum Gasteiger partial charge on any atom is -0.465 e. The number of ether oxygens (including phenoxy) is 1. The summed E-state index contributed by atoms with van der Waals surface area (Å²) in [5.74, 6) is -3.30. The molecule has 0 aliphatic carbocycles. The highest BCUT2D eigenvalue weighted by molar-refractivity contribution is 7.89. The van der Waals surface area contributed by atoms with Gasteiger partial charge >= 0.3 is 5.97 Å². The molecule has 0 aromatic heterocycles. The van der Waals surface area contributed by atoms with Crippen LogP contribution in [0.2, 0.25) is 0 Å². The van der Waals surface area contributed by atoms with Gasteiger partial charge in [0.25, 0.3) is 0 Å². The third-order valence-electron chi connectivity index (χ3n) is 2.16. The molecule has 5 nitrogen and oxygen atoms in total. The van der Waals surface area contributed by atoms with E-state index in [1.54, 1.807) is 6.92 Å². The molecule has 1 aromatic carbocycles. The summed E-state index contributed by atoms with van der Waals surface area (Å²) in [6.07, 6.45) is 0. The molecule has 0 heterocycles. The maximum absolute atomic E-state index is 13.4. The zero-order chi connectivity index (χ0) is 14.6. The molecule has 0 saturated carbocycles. The molecule has 0 bridgehead atoms. The maximum Gasteiger partial charge on any atom is 0.323 e. The summed E-state index contributed by atoms with van der Waals surface area (Å²) in [6, 6.07) is 1.42. The molecule has 0 saturated heterocycles. The van der Waals surface area contributed by atoms with Crippen LogP contribution in [-0.2, 0) is 19.6 Å². The maximum atomic E-state index is 13.4. The second-order valence-electron chi connectivity index (χ2n) is 3.65. The second-order valence-corrected chi connectivity index (χ2v) is 5.30. The van der Waals surface area contributed by atoms with Crippen molar-refractivity contribution in [1.29, 1.82) is 0 Å². The van der Waals surface area contributed by atoms with Gasteiger partial charge in [0, 0.05) is 0 Å². The number of rotatable bonds is 5. The quantitative estimate of drug-likeness (QED) is 0.828. The van der Waals surface area contributed by atoms with E-state index in [0.717, 1.165) is 18.2 Å². The summed E-state index contributed by atoms with van der Waals surface area (Å²) in [5.41, 5.74) is 0. The number of halogens is 2. The van der Waals surface area contributed by atoms with Gasteiger partial charge in [-0.15, -0.1) is 0 Å². The van der Waals surface area contributed by atoms with Gasteiger partial charge in [0.15, 0.2) is 4.90 Å². The first-order chi connectivity index (χ1) is 8.79. The van der Waals surface area contributed by atoms with Gasteiger partial charge in [-0.3, -0.25) is 4.79 Å². The Balaban J connectivity index is 3.03. The Morgan fingerprint density at radius 1 is 1.37 bits per heavy atom. The molecule has 0 radical (unpaired) electrons. The van der Waals surface area contributed by atoms with Crippen molar-refractivity contribution in [3.63, 3.8) is 0 Å².